The summed E-state index contributed by atoms with van der Waals surface area (Å²) in [5.41, 5.74) is 0.333. The van der Waals surface area contributed by atoms with E-state index in [2.05, 4.69) is 0 Å². The number of benzene rings is 1. The van der Waals surface area contributed by atoms with Crippen LogP contribution in [0.15, 0.2) is 24.3 Å². The van der Waals surface area contributed by atoms with Crippen molar-refractivity contribution in [1.82, 2.24) is 4.90 Å². The SMILES string of the molecule is CCCN(CCC)C(=O)c1cccc([N+](=O)[O-])c1. The average molecular weight is 250 g/mol. The van der Waals surface area contributed by atoms with E-state index in [1.54, 1.807) is 17.0 Å². The third-order valence-electron chi connectivity index (χ3n) is 2.58. The van der Waals surface area contributed by atoms with Crippen molar-refractivity contribution >= 4 is 11.6 Å². The molecule has 0 aliphatic carbocycles. The third kappa shape index (κ3) is 3.55. The number of non-ortho nitro benzene ring substituents is 1. The van der Waals surface area contributed by atoms with Crippen LogP contribution in [0.2, 0.25) is 0 Å². The predicted molar refractivity (Wildman–Crippen MR) is 69.6 cm³/mol. The predicted octanol–water partition coefficient (Wildman–Crippen LogP) is 2.86. The molecule has 0 aromatic heterocycles. The van der Waals surface area contributed by atoms with Gasteiger partial charge in [-0.05, 0) is 18.9 Å². The molecule has 0 bridgehead atoms. The minimum atomic E-state index is -0.485. The Hall–Kier alpha value is -1.91. The van der Waals surface area contributed by atoms with Crippen LogP contribution in [0.25, 0.3) is 0 Å². The molecule has 0 aliphatic heterocycles. The number of hydrogen-bond donors (Lipinski definition) is 0. The molecule has 0 spiro atoms. The molecule has 98 valence electrons. The number of nitrogens with zero attached hydrogens (tertiary/aromatic N) is 2. The molecule has 0 aliphatic rings. The molecular formula is C13H18N2O3. The Morgan fingerprint density at radius 1 is 1.28 bits per heavy atom. The van der Waals surface area contributed by atoms with Crippen molar-refractivity contribution in [2.45, 2.75) is 26.7 Å². The van der Waals surface area contributed by atoms with Crippen molar-refractivity contribution < 1.29 is 9.72 Å². The number of carbonyl (C=O) groups is 1. The van der Waals surface area contributed by atoms with Gasteiger partial charge in [-0.3, -0.25) is 14.9 Å². The van der Waals surface area contributed by atoms with Crippen LogP contribution in [-0.2, 0) is 0 Å². The Bertz CT molecular complexity index is 426. The van der Waals surface area contributed by atoms with E-state index in [0.717, 1.165) is 12.8 Å². The summed E-state index contributed by atoms with van der Waals surface area (Å²) in [6.07, 6.45) is 1.75. The van der Waals surface area contributed by atoms with Crippen molar-refractivity contribution in [3.05, 3.63) is 39.9 Å². The third-order valence-corrected chi connectivity index (χ3v) is 2.58. The summed E-state index contributed by atoms with van der Waals surface area (Å²) < 4.78 is 0. The first-order valence-corrected chi connectivity index (χ1v) is 6.13. The zero-order valence-corrected chi connectivity index (χ0v) is 10.8. The van der Waals surface area contributed by atoms with Gasteiger partial charge in [0.25, 0.3) is 11.6 Å². The molecule has 0 fully saturated rings. The normalized spacial score (nSPS) is 10.1. The number of nitro groups is 1. The van der Waals surface area contributed by atoms with Crippen LogP contribution in [0, 0.1) is 10.1 Å². The maximum Gasteiger partial charge on any atom is 0.270 e. The topological polar surface area (TPSA) is 63.5 Å². The van der Waals surface area contributed by atoms with Crippen molar-refractivity contribution in [1.29, 1.82) is 0 Å². The van der Waals surface area contributed by atoms with Gasteiger partial charge >= 0.3 is 0 Å². The van der Waals surface area contributed by atoms with Crippen LogP contribution in [0.5, 0.6) is 0 Å². The lowest BCUT2D eigenvalue weighted by atomic mass is 10.1. The second kappa shape index (κ2) is 6.74. The van der Waals surface area contributed by atoms with Gasteiger partial charge in [-0.15, -0.1) is 0 Å². The largest absolute Gasteiger partial charge is 0.339 e. The molecule has 5 nitrogen and oxygen atoms in total. The first-order valence-electron chi connectivity index (χ1n) is 6.13. The van der Waals surface area contributed by atoms with E-state index in [9.17, 15) is 14.9 Å². The van der Waals surface area contributed by atoms with Crippen LogP contribution in [0.4, 0.5) is 5.69 Å². The fraction of sp³-hybridized carbons (Fsp3) is 0.462. The number of hydrogen-bond acceptors (Lipinski definition) is 3. The summed E-state index contributed by atoms with van der Waals surface area (Å²) >= 11 is 0. The molecule has 1 aromatic rings. The van der Waals surface area contributed by atoms with E-state index in [1.807, 2.05) is 13.8 Å². The molecule has 0 radical (unpaired) electrons. The summed E-state index contributed by atoms with van der Waals surface area (Å²) in [5.74, 6) is -0.137. The number of amides is 1. The van der Waals surface area contributed by atoms with E-state index in [1.165, 1.54) is 12.1 Å². The molecule has 1 rings (SSSR count). The average Bonchev–Trinajstić information content (AvgIpc) is 2.38. The summed E-state index contributed by atoms with van der Waals surface area (Å²) in [6.45, 7) is 5.36. The highest BCUT2D eigenvalue weighted by molar-refractivity contribution is 5.94. The zero-order valence-electron chi connectivity index (χ0n) is 10.8. The van der Waals surface area contributed by atoms with Gasteiger partial charge in [0.2, 0.25) is 0 Å². The van der Waals surface area contributed by atoms with Gasteiger partial charge in [0, 0.05) is 30.8 Å². The van der Waals surface area contributed by atoms with E-state index in [0.29, 0.717) is 18.7 Å². The molecule has 1 amide bonds. The lowest BCUT2D eigenvalue weighted by molar-refractivity contribution is -0.384. The van der Waals surface area contributed by atoms with Crippen molar-refractivity contribution in [3.8, 4) is 0 Å². The zero-order chi connectivity index (χ0) is 13.5. The monoisotopic (exact) mass is 250 g/mol. The summed E-state index contributed by atoms with van der Waals surface area (Å²) in [6, 6.07) is 5.89. The van der Waals surface area contributed by atoms with E-state index < -0.39 is 4.92 Å². The van der Waals surface area contributed by atoms with Gasteiger partial charge < -0.3 is 4.90 Å². The fourth-order valence-corrected chi connectivity index (χ4v) is 1.79. The first-order chi connectivity index (χ1) is 8.60. The molecule has 1 aromatic carbocycles. The quantitative estimate of drug-likeness (QED) is 0.576. The van der Waals surface area contributed by atoms with Crippen molar-refractivity contribution in [3.63, 3.8) is 0 Å². The highest BCUT2D eigenvalue weighted by atomic mass is 16.6. The second-order valence-electron chi connectivity index (χ2n) is 4.10. The van der Waals surface area contributed by atoms with Gasteiger partial charge in [-0.25, -0.2) is 0 Å². The Morgan fingerprint density at radius 3 is 2.39 bits per heavy atom. The van der Waals surface area contributed by atoms with Crippen LogP contribution in [-0.4, -0.2) is 28.8 Å². The molecule has 0 N–H and O–H groups in total. The smallest absolute Gasteiger partial charge is 0.270 e. The van der Waals surface area contributed by atoms with Crippen LogP contribution in [0.3, 0.4) is 0 Å². The van der Waals surface area contributed by atoms with Gasteiger partial charge in [0.05, 0.1) is 4.92 Å². The van der Waals surface area contributed by atoms with Gasteiger partial charge in [-0.2, -0.15) is 0 Å². The molecule has 0 atom stereocenters. The highest BCUT2D eigenvalue weighted by Gasteiger charge is 2.16. The van der Waals surface area contributed by atoms with E-state index >= 15 is 0 Å². The summed E-state index contributed by atoms with van der Waals surface area (Å²) in [4.78, 5) is 24.1. The highest BCUT2D eigenvalue weighted by Crippen LogP contribution is 2.15. The molecule has 0 saturated heterocycles. The Labute approximate surface area is 107 Å². The maximum atomic E-state index is 12.2. The number of nitro benzene ring substituents is 1. The van der Waals surface area contributed by atoms with E-state index in [-0.39, 0.29) is 11.6 Å². The number of carbonyl (C=O) groups excluding carboxylic acids is 1. The maximum absolute atomic E-state index is 12.2. The Balaban J connectivity index is 2.93. The fourth-order valence-electron chi connectivity index (χ4n) is 1.79. The lowest BCUT2D eigenvalue weighted by Crippen LogP contribution is -2.32. The molecule has 0 unspecified atom stereocenters. The minimum Gasteiger partial charge on any atom is -0.339 e. The van der Waals surface area contributed by atoms with Crippen LogP contribution in [0.1, 0.15) is 37.0 Å². The summed E-state index contributed by atoms with van der Waals surface area (Å²) in [7, 11) is 0. The molecule has 0 heterocycles. The molecule has 5 heteroatoms. The Morgan fingerprint density at radius 2 is 1.89 bits per heavy atom. The molecule has 18 heavy (non-hydrogen) atoms. The van der Waals surface area contributed by atoms with Crippen LogP contribution < -0.4 is 0 Å². The minimum absolute atomic E-state index is 0.0474. The van der Waals surface area contributed by atoms with Crippen molar-refractivity contribution in [2.24, 2.45) is 0 Å². The van der Waals surface area contributed by atoms with Crippen LogP contribution >= 0.6 is 0 Å². The van der Waals surface area contributed by atoms with E-state index in [4.69, 9.17) is 0 Å². The number of rotatable bonds is 6. The van der Waals surface area contributed by atoms with Gasteiger partial charge in [-0.1, -0.05) is 19.9 Å². The summed E-state index contributed by atoms with van der Waals surface area (Å²) in [5, 5.41) is 10.7. The first kappa shape index (κ1) is 14.2. The van der Waals surface area contributed by atoms with Gasteiger partial charge in [0.15, 0.2) is 0 Å². The Kier molecular flexibility index (Phi) is 5.30. The molecule has 0 saturated carbocycles. The van der Waals surface area contributed by atoms with Gasteiger partial charge in [0.1, 0.15) is 0 Å². The molecular weight excluding hydrogens is 232 g/mol. The standard InChI is InChI=1S/C13H18N2O3/c1-3-8-14(9-4-2)13(16)11-6-5-7-12(10-11)15(17)18/h5-7,10H,3-4,8-9H2,1-2H3. The van der Waals surface area contributed by atoms with Crippen molar-refractivity contribution in [2.75, 3.05) is 13.1 Å². The lowest BCUT2D eigenvalue weighted by Gasteiger charge is -2.21. The second-order valence-corrected chi connectivity index (χ2v) is 4.10.